The van der Waals surface area contributed by atoms with E-state index in [1.807, 2.05) is 6.07 Å². The number of carbonyl (C=O) groups excluding carboxylic acids is 1. The third-order valence-electron chi connectivity index (χ3n) is 3.65. The van der Waals surface area contributed by atoms with Crippen LogP contribution in [0.15, 0.2) is 55.3 Å². The van der Waals surface area contributed by atoms with Gasteiger partial charge in [-0.15, -0.1) is 0 Å². The molecule has 0 bridgehead atoms. The molecule has 3 rings (SSSR count). The molecular formula is C20H18Cl2N4O3. The predicted octanol–water partition coefficient (Wildman–Crippen LogP) is 4.46. The first-order valence-electron chi connectivity index (χ1n) is 8.61. The minimum Gasteiger partial charge on any atom is -0.486 e. The van der Waals surface area contributed by atoms with Crippen molar-refractivity contribution in [3.63, 3.8) is 0 Å². The van der Waals surface area contributed by atoms with Gasteiger partial charge in [-0.05, 0) is 25.1 Å². The Balaban J connectivity index is 1.72. The summed E-state index contributed by atoms with van der Waals surface area (Å²) >= 11 is 12.1. The molecule has 0 saturated carbocycles. The molecule has 0 spiro atoms. The van der Waals surface area contributed by atoms with Gasteiger partial charge in [0.15, 0.2) is 23.9 Å². The van der Waals surface area contributed by atoms with Gasteiger partial charge in [-0.2, -0.15) is 9.78 Å². The number of carbonyl (C=O) groups is 1. The average molecular weight is 433 g/mol. The SMILES string of the molecule is C=CCOc1ccccc1OCC(=O)Nc1cc(C)nn1-c1ncc(Cl)cc1Cl. The zero-order valence-corrected chi connectivity index (χ0v) is 17.1. The summed E-state index contributed by atoms with van der Waals surface area (Å²) in [6.45, 7) is 5.52. The minimum absolute atomic E-state index is 0.222. The van der Waals surface area contributed by atoms with E-state index in [-0.39, 0.29) is 12.5 Å². The van der Waals surface area contributed by atoms with E-state index < -0.39 is 0 Å². The molecule has 9 heteroatoms. The van der Waals surface area contributed by atoms with Gasteiger partial charge in [0.05, 0.1) is 15.7 Å². The van der Waals surface area contributed by atoms with Crippen LogP contribution < -0.4 is 14.8 Å². The molecule has 1 N–H and O–H groups in total. The van der Waals surface area contributed by atoms with Crippen LogP contribution in [0.25, 0.3) is 5.82 Å². The smallest absolute Gasteiger partial charge is 0.263 e. The second-order valence-electron chi connectivity index (χ2n) is 5.92. The van der Waals surface area contributed by atoms with Gasteiger partial charge < -0.3 is 14.8 Å². The summed E-state index contributed by atoms with van der Waals surface area (Å²) in [5, 5.41) is 7.79. The van der Waals surface area contributed by atoms with Crippen LogP contribution in [0.4, 0.5) is 5.82 Å². The molecule has 0 fully saturated rings. The number of nitrogens with zero attached hydrogens (tertiary/aromatic N) is 3. The Morgan fingerprint density at radius 2 is 1.97 bits per heavy atom. The topological polar surface area (TPSA) is 78.3 Å². The van der Waals surface area contributed by atoms with E-state index in [2.05, 4.69) is 22.0 Å². The summed E-state index contributed by atoms with van der Waals surface area (Å²) in [7, 11) is 0. The number of pyridine rings is 1. The summed E-state index contributed by atoms with van der Waals surface area (Å²) in [6, 6.07) is 10.3. The number of halogens is 2. The van der Waals surface area contributed by atoms with Crippen molar-refractivity contribution >= 4 is 34.9 Å². The maximum atomic E-state index is 12.4. The molecule has 1 aromatic carbocycles. The van der Waals surface area contributed by atoms with Gasteiger partial charge in [0, 0.05) is 12.3 Å². The van der Waals surface area contributed by atoms with Crippen molar-refractivity contribution in [2.75, 3.05) is 18.5 Å². The zero-order chi connectivity index (χ0) is 20.8. The first-order valence-corrected chi connectivity index (χ1v) is 9.37. The van der Waals surface area contributed by atoms with E-state index in [1.54, 1.807) is 43.3 Å². The summed E-state index contributed by atoms with van der Waals surface area (Å²) in [5.74, 6) is 1.36. The highest BCUT2D eigenvalue weighted by Gasteiger charge is 2.15. The molecule has 0 aliphatic rings. The fourth-order valence-corrected chi connectivity index (χ4v) is 2.93. The molecule has 0 radical (unpaired) electrons. The maximum Gasteiger partial charge on any atom is 0.263 e. The Bertz CT molecular complexity index is 1040. The Morgan fingerprint density at radius 3 is 2.66 bits per heavy atom. The van der Waals surface area contributed by atoms with E-state index in [1.165, 1.54) is 10.9 Å². The van der Waals surface area contributed by atoms with E-state index in [0.717, 1.165) is 0 Å². The number of rotatable bonds is 8. The third kappa shape index (κ3) is 5.28. The fraction of sp³-hybridized carbons (Fsp3) is 0.150. The zero-order valence-electron chi connectivity index (χ0n) is 15.6. The number of hydrogen-bond acceptors (Lipinski definition) is 5. The third-order valence-corrected chi connectivity index (χ3v) is 4.14. The number of aromatic nitrogens is 3. The highest BCUT2D eigenvalue weighted by molar-refractivity contribution is 6.35. The Labute approximate surface area is 177 Å². The fourth-order valence-electron chi connectivity index (χ4n) is 2.47. The van der Waals surface area contributed by atoms with Crippen LogP contribution in [-0.2, 0) is 4.79 Å². The van der Waals surface area contributed by atoms with Crippen LogP contribution in [0.2, 0.25) is 10.0 Å². The van der Waals surface area contributed by atoms with Gasteiger partial charge in [0.25, 0.3) is 5.91 Å². The summed E-state index contributed by atoms with van der Waals surface area (Å²) < 4.78 is 12.6. The molecule has 2 aromatic heterocycles. The number of amides is 1. The number of para-hydroxylation sites is 2. The van der Waals surface area contributed by atoms with Crippen LogP contribution in [-0.4, -0.2) is 33.9 Å². The van der Waals surface area contributed by atoms with Crippen molar-refractivity contribution in [2.24, 2.45) is 0 Å². The Morgan fingerprint density at radius 1 is 1.24 bits per heavy atom. The van der Waals surface area contributed by atoms with Gasteiger partial charge in [-0.3, -0.25) is 4.79 Å². The van der Waals surface area contributed by atoms with Crippen molar-refractivity contribution in [3.8, 4) is 17.3 Å². The average Bonchev–Trinajstić information content (AvgIpc) is 3.05. The molecule has 29 heavy (non-hydrogen) atoms. The van der Waals surface area contributed by atoms with E-state index >= 15 is 0 Å². The maximum absolute atomic E-state index is 12.4. The number of hydrogen-bond donors (Lipinski definition) is 1. The molecular weight excluding hydrogens is 415 g/mol. The van der Waals surface area contributed by atoms with Crippen molar-refractivity contribution in [1.29, 1.82) is 0 Å². The van der Waals surface area contributed by atoms with E-state index in [9.17, 15) is 4.79 Å². The molecule has 3 aromatic rings. The molecule has 0 aliphatic carbocycles. The molecule has 1 amide bonds. The van der Waals surface area contributed by atoms with Gasteiger partial charge in [-0.25, -0.2) is 4.98 Å². The number of benzene rings is 1. The van der Waals surface area contributed by atoms with Crippen LogP contribution in [0.3, 0.4) is 0 Å². The van der Waals surface area contributed by atoms with Crippen molar-refractivity contribution in [3.05, 3.63) is 71.0 Å². The van der Waals surface area contributed by atoms with Crippen LogP contribution in [0, 0.1) is 6.92 Å². The standard InChI is InChI=1S/C20H18Cl2N4O3/c1-3-8-28-16-6-4-5-7-17(16)29-12-19(27)24-18-9-13(2)25-26(18)20-15(22)10-14(21)11-23-20/h3-7,9-11H,1,8,12H2,2H3,(H,24,27). The highest BCUT2D eigenvalue weighted by atomic mass is 35.5. The number of ether oxygens (including phenoxy) is 2. The summed E-state index contributed by atoms with van der Waals surface area (Å²) in [4.78, 5) is 16.6. The van der Waals surface area contributed by atoms with Gasteiger partial charge in [-0.1, -0.05) is 48.0 Å². The first-order chi connectivity index (χ1) is 14.0. The molecule has 0 saturated heterocycles. The van der Waals surface area contributed by atoms with Gasteiger partial charge >= 0.3 is 0 Å². The Hall–Kier alpha value is -3.03. The highest BCUT2D eigenvalue weighted by Crippen LogP contribution is 2.27. The second kappa shape index (κ2) is 9.45. The van der Waals surface area contributed by atoms with E-state index in [0.29, 0.717) is 45.5 Å². The monoisotopic (exact) mass is 432 g/mol. The lowest BCUT2D eigenvalue weighted by atomic mass is 10.3. The number of aryl methyl sites for hydroxylation is 1. The molecule has 0 aliphatic heterocycles. The molecule has 0 unspecified atom stereocenters. The molecule has 0 atom stereocenters. The van der Waals surface area contributed by atoms with Gasteiger partial charge in [0.1, 0.15) is 12.4 Å². The number of nitrogens with one attached hydrogen (secondary N) is 1. The van der Waals surface area contributed by atoms with Crippen LogP contribution in [0.1, 0.15) is 5.69 Å². The van der Waals surface area contributed by atoms with E-state index in [4.69, 9.17) is 32.7 Å². The second-order valence-corrected chi connectivity index (χ2v) is 6.77. The normalized spacial score (nSPS) is 10.4. The summed E-state index contributed by atoms with van der Waals surface area (Å²) in [6.07, 6.45) is 3.08. The predicted molar refractivity (Wildman–Crippen MR) is 112 cm³/mol. The molecule has 150 valence electrons. The molecule has 2 heterocycles. The van der Waals surface area contributed by atoms with Crippen LogP contribution >= 0.6 is 23.2 Å². The summed E-state index contributed by atoms with van der Waals surface area (Å²) in [5.41, 5.74) is 0.678. The van der Waals surface area contributed by atoms with Crippen molar-refractivity contribution in [2.45, 2.75) is 6.92 Å². The lowest BCUT2D eigenvalue weighted by Gasteiger charge is -2.12. The number of anilines is 1. The lowest BCUT2D eigenvalue weighted by Crippen LogP contribution is -2.22. The largest absolute Gasteiger partial charge is 0.486 e. The van der Waals surface area contributed by atoms with Crippen LogP contribution in [0.5, 0.6) is 11.5 Å². The lowest BCUT2D eigenvalue weighted by molar-refractivity contribution is -0.118. The van der Waals surface area contributed by atoms with Crippen molar-refractivity contribution in [1.82, 2.24) is 14.8 Å². The first kappa shape index (κ1) is 20.7. The van der Waals surface area contributed by atoms with Gasteiger partial charge in [0.2, 0.25) is 0 Å². The quantitative estimate of drug-likeness (QED) is 0.531. The minimum atomic E-state index is -0.380. The van der Waals surface area contributed by atoms with Crippen molar-refractivity contribution < 1.29 is 14.3 Å². The molecule has 7 nitrogen and oxygen atoms in total. The Kier molecular flexibility index (Phi) is 6.74.